The molecule has 2 aromatic rings. The summed E-state index contributed by atoms with van der Waals surface area (Å²) in [5.41, 5.74) is 0.342. The maximum Gasteiger partial charge on any atom is 0.418 e. The van der Waals surface area contributed by atoms with Crippen molar-refractivity contribution in [1.82, 2.24) is 4.57 Å². The van der Waals surface area contributed by atoms with E-state index in [9.17, 15) is 4.79 Å². The summed E-state index contributed by atoms with van der Waals surface area (Å²) in [6.45, 7) is 5.55. The first-order valence-electron chi connectivity index (χ1n) is 5.40. The van der Waals surface area contributed by atoms with Crippen molar-refractivity contribution in [3.63, 3.8) is 0 Å². The van der Waals surface area contributed by atoms with E-state index in [-0.39, 0.29) is 6.09 Å². The number of carbonyl (C=O) groups excluding carboxylic acids is 1. The Hall–Kier alpha value is -1.42. The molecule has 0 aliphatic carbocycles. The molecule has 0 spiro atoms. The third kappa shape index (κ3) is 2.64. The maximum atomic E-state index is 11.9. The lowest BCUT2D eigenvalue weighted by atomic mass is 10.2. The van der Waals surface area contributed by atoms with E-state index in [0.717, 1.165) is 15.8 Å². The fourth-order valence-corrected chi connectivity index (χ4v) is 1.81. The number of fused-ring (bicyclic) bond motifs is 1. The molecule has 0 atom stereocenters. The van der Waals surface area contributed by atoms with Gasteiger partial charge in [-0.15, -0.1) is 12.6 Å². The average molecular weight is 249 g/mol. The van der Waals surface area contributed by atoms with Crippen LogP contribution in [0.4, 0.5) is 4.79 Å². The zero-order valence-electron chi connectivity index (χ0n) is 10.1. The molecule has 0 fully saturated rings. The van der Waals surface area contributed by atoms with Crippen LogP contribution in [0, 0.1) is 0 Å². The summed E-state index contributed by atoms with van der Waals surface area (Å²) in [6.07, 6.45) is 1.35. The largest absolute Gasteiger partial charge is 0.443 e. The summed E-state index contributed by atoms with van der Waals surface area (Å²) < 4.78 is 6.83. The fourth-order valence-electron chi connectivity index (χ4n) is 1.60. The minimum atomic E-state index is -0.489. The lowest BCUT2D eigenvalue weighted by Crippen LogP contribution is -2.26. The summed E-state index contributed by atoms with van der Waals surface area (Å²) in [6, 6.07) is 7.51. The molecule has 0 unspecified atom stereocenters. The van der Waals surface area contributed by atoms with Gasteiger partial charge in [-0.3, -0.25) is 4.57 Å². The van der Waals surface area contributed by atoms with Crippen LogP contribution in [0.2, 0.25) is 0 Å². The zero-order chi connectivity index (χ0) is 12.6. The molecule has 0 bridgehead atoms. The van der Waals surface area contributed by atoms with E-state index in [0.29, 0.717) is 0 Å². The SMILES string of the molecule is CC(C)(C)OC(=O)n1ccc2cc(S)ccc21. The Kier molecular flexibility index (Phi) is 2.91. The van der Waals surface area contributed by atoms with Crippen molar-refractivity contribution in [1.29, 1.82) is 0 Å². The van der Waals surface area contributed by atoms with Crippen LogP contribution in [0.25, 0.3) is 10.9 Å². The number of hydrogen-bond acceptors (Lipinski definition) is 3. The standard InChI is InChI=1S/C13H15NO2S/c1-13(2,3)16-12(15)14-7-6-9-8-10(17)4-5-11(9)14/h4-8,17H,1-3H3. The number of carbonyl (C=O) groups is 1. The first-order valence-corrected chi connectivity index (χ1v) is 5.85. The molecular formula is C13H15NO2S. The van der Waals surface area contributed by atoms with Crippen molar-refractivity contribution in [3.8, 4) is 0 Å². The Morgan fingerprint density at radius 2 is 2.00 bits per heavy atom. The molecule has 17 heavy (non-hydrogen) atoms. The first kappa shape index (κ1) is 12.0. The van der Waals surface area contributed by atoms with Crippen molar-refractivity contribution in [3.05, 3.63) is 30.5 Å². The quantitative estimate of drug-likeness (QED) is 0.722. The van der Waals surface area contributed by atoms with E-state index in [1.54, 1.807) is 6.20 Å². The number of hydrogen-bond donors (Lipinski definition) is 1. The molecule has 0 saturated heterocycles. The number of ether oxygens (including phenoxy) is 1. The molecule has 0 amide bonds. The van der Waals surface area contributed by atoms with E-state index < -0.39 is 5.60 Å². The molecule has 1 aromatic heterocycles. The fraction of sp³-hybridized carbons (Fsp3) is 0.308. The zero-order valence-corrected chi connectivity index (χ0v) is 11.0. The van der Waals surface area contributed by atoms with Crippen molar-refractivity contribution in [2.24, 2.45) is 0 Å². The van der Waals surface area contributed by atoms with Crippen molar-refractivity contribution in [2.75, 3.05) is 0 Å². The van der Waals surface area contributed by atoms with Crippen LogP contribution in [0.1, 0.15) is 20.8 Å². The Labute approximate surface area is 106 Å². The van der Waals surface area contributed by atoms with Crippen LogP contribution in [-0.2, 0) is 4.74 Å². The highest BCUT2D eigenvalue weighted by molar-refractivity contribution is 7.80. The maximum absolute atomic E-state index is 11.9. The molecule has 0 N–H and O–H groups in total. The molecule has 0 aliphatic heterocycles. The number of thiol groups is 1. The van der Waals surface area contributed by atoms with Gasteiger partial charge in [-0.25, -0.2) is 4.79 Å². The topological polar surface area (TPSA) is 31.2 Å². The third-order valence-corrected chi connectivity index (χ3v) is 2.54. The molecule has 1 heterocycles. The highest BCUT2D eigenvalue weighted by Crippen LogP contribution is 2.20. The second-order valence-electron chi connectivity index (χ2n) is 4.91. The Bertz CT molecular complexity index is 566. The van der Waals surface area contributed by atoms with Crippen molar-refractivity contribution < 1.29 is 9.53 Å². The van der Waals surface area contributed by atoms with Gasteiger partial charge in [-0.05, 0) is 45.0 Å². The van der Waals surface area contributed by atoms with E-state index in [1.165, 1.54) is 4.57 Å². The summed E-state index contributed by atoms with van der Waals surface area (Å²) in [5, 5.41) is 0.975. The normalized spacial score (nSPS) is 11.8. The van der Waals surface area contributed by atoms with Crippen LogP contribution in [0.3, 0.4) is 0 Å². The van der Waals surface area contributed by atoms with Gasteiger partial charge in [0.2, 0.25) is 0 Å². The molecule has 1 aromatic carbocycles. The summed E-state index contributed by atoms with van der Waals surface area (Å²) in [5.74, 6) is 0. The van der Waals surface area contributed by atoms with Gasteiger partial charge in [0.05, 0.1) is 5.52 Å². The second kappa shape index (κ2) is 4.11. The smallest absolute Gasteiger partial charge is 0.418 e. The van der Waals surface area contributed by atoms with Crippen LogP contribution < -0.4 is 0 Å². The van der Waals surface area contributed by atoms with E-state index in [1.807, 2.05) is 45.0 Å². The monoisotopic (exact) mass is 249 g/mol. The Morgan fingerprint density at radius 3 is 2.65 bits per heavy atom. The Morgan fingerprint density at radius 1 is 1.29 bits per heavy atom. The molecule has 0 aliphatic rings. The van der Waals surface area contributed by atoms with Crippen LogP contribution in [-0.4, -0.2) is 16.3 Å². The minimum absolute atomic E-state index is 0.362. The molecule has 3 nitrogen and oxygen atoms in total. The van der Waals surface area contributed by atoms with E-state index >= 15 is 0 Å². The molecule has 4 heteroatoms. The molecular weight excluding hydrogens is 234 g/mol. The van der Waals surface area contributed by atoms with Gasteiger partial charge in [0.1, 0.15) is 5.60 Å². The van der Waals surface area contributed by atoms with Gasteiger partial charge >= 0.3 is 6.09 Å². The number of nitrogens with zero attached hydrogens (tertiary/aromatic N) is 1. The van der Waals surface area contributed by atoms with Gasteiger partial charge in [-0.1, -0.05) is 0 Å². The van der Waals surface area contributed by atoms with Crippen LogP contribution in [0.5, 0.6) is 0 Å². The first-order chi connectivity index (χ1) is 7.87. The molecule has 0 saturated carbocycles. The second-order valence-corrected chi connectivity index (χ2v) is 5.43. The predicted octanol–water partition coefficient (Wildman–Crippen LogP) is 3.71. The van der Waals surface area contributed by atoms with Gasteiger partial charge in [0, 0.05) is 16.5 Å². The van der Waals surface area contributed by atoms with Crippen molar-refractivity contribution in [2.45, 2.75) is 31.3 Å². The van der Waals surface area contributed by atoms with Gasteiger partial charge in [-0.2, -0.15) is 0 Å². The lowest BCUT2D eigenvalue weighted by molar-refractivity contribution is 0.0544. The highest BCUT2D eigenvalue weighted by Gasteiger charge is 2.18. The van der Waals surface area contributed by atoms with Gasteiger partial charge in [0.15, 0.2) is 0 Å². The predicted molar refractivity (Wildman–Crippen MR) is 70.8 cm³/mol. The van der Waals surface area contributed by atoms with Crippen LogP contribution >= 0.6 is 12.6 Å². The summed E-state index contributed by atoms with van der Waals surface area (Å²) in [7, 11) is 0. The van der Waals surface area contributed by atoms with E-state index in [4.69, 9.17) is 4.74 Å². The van der Waals surface area contributed by atoms with Crippen LogP contribution in [0.15, 0.2) is 35.4 Å². The molecule has 90 valence electrons. The number of aromatic nitrogens is 1. The lowest BCUT2D eigenvalue weighted by Gasteiger charge is -2.19. The molecule has 2 rings (SSSR count). The number of benzene rings is 1. The van der Waals surface area contributed by atoms with Crippen molar-refractivity contribution >= 4 is 29.6 Å². The Balaban J connectivity index is 2.40. The van der Waals surface area contributed by atoms with E-state index in [2.05, 4.69) is 12.6 Å². The van der Waals surface area contributed by atoms with Gasteiger partial charge < -0.3 is 4.74 Å². The average Bonchev–Trinajstić information content (AvgIpc) is 2.57. The summed E-state index contributed by atoms with van der Waals surface area (Å²) >= 11 is 4.26. The summed E-state index contributed by atoms with van der Waals surface area (Å²) in [4.78, 5) is 12.8. The highest BCUT2D eigenvalue weighted by atomic mass is 32.1. The van der Waals surface area contributed by atoms with Gasteiger partial charge in [0.25, 0.3) is 0 Å². The third-order valence-electron chi connectivity index (χ3n) is 2.26. The number of rotatable bonds is 0. The molecule has 0 radical (unpaired) electrons. The minimum Gasteiger partial charge on any atom is -0.443 e.